The summed E-state index contributed by atoms with van der Waals surface area (Å²) in [5.41, 5.74) is 0. The largest absolute Gasteiger partial charge is 0.480 e. The molecule has 0 spiro atoms. The molecule has 1 unspecified atom stereocenters. The Morgan fingerprint density at radius 3 is 3.00 bits per heavy atom. The lowest BCUT2D eigenvalue weighted by molar-refractivity contribution is -0.145. The van der Waals surface area contributed by atoms with E-state index in [9.17, 15) is 9.59 Å². The molecule has 0 aromatic carbocycles. The minimum Gasteiger partial charge on any atom is -0.480 e. The van der Waals surface area contributed by atoms with Crippen LogP contribution in [0.25, 0.3) is 0 Å². The molecule has 1 aliphatic rings. The molecule has 12 heavy (non-hydrogen) atoms. The number of rotatable bonds is 2. The van der Waals surface area contributed by atoms with E-state index in [4.69, 9.17) is 10.4 Å². The fourth-order valence-electron chi connectivity index (χ4n) is 1.26. The van der Waals surface area contributed by atoms with E-state index in [-0.39, 0.29) is 18.9 Å². The van der Waals surface area contributed by atoms with E-state index in [1.165, 1.54) is 0 Å². The number of carboxylic acids is 1. The van der Waals surface area contributed by atoms with Crippen LogP contribution >= 0.6 is 0 Å². The van der Waals surface area contributed by atoms with Gasteiger partial charge in [0.05, 0.1) is 6.07 Å². The quantitative estimate of drug-likeness (QED) is 0.568. The van der Waals surface area contributed by atoms with Gasteiger partial charge in [0.25, 0.3) is 0 Å². The van der Waals surface area contributed by atoms with Crippen molar-refractivity contribution in [1.82, 2.24) is 4.90 Å². The first-order chi connectivity index (χ1) is 5.66. The molecule has 1 aliphatic heterocycles. The third-order valence-corrected chi connectivity index (χ3v) is 1.85. The average molecular weight is 168 g/mol. The summed E-state index contributed by atoms with van der Waals surface area (Å²) in [6, 6.07) is 0.972. The molecule has 1 fully saturated rings. The molecule has 5 nitrogen and oxygen atoms in total. The summed E-state index contributed by atoms with van der Waals surface area (Å²) >= 11 is 0. The topological polar surface area (TPSA) is 81.4 Å². The monoisotopic (exact) mass is 168 g/mol. The molecule has 5 heteroatoms. The Morgan fingerprint density at radius 2 is 2.50 bits per heavy atom. The molecule has 1 amide bonds. The minimum atomic E-state index is -1.03. The van der Waals surface area contributed by atoms with Crippen LogP contribution in [0.15, 0.2) is 0 Å². The average Bonchev–Trinajstić information content (AvgIpc) is 2.34. The molecule has 0 aliphatic carbocycles. The van der Waals surface area contributed by atoms with Crippen molar-refractivity contribution in [3.05, 3.63) is 0 Å². The van der Waals surface area contributed by atoms with Crippen LogP contribution < -0.4 is 0 Å². The first-order valence-electron chi connectivity index (χ1n) is 3.56. The number of hydrogen-bond donors (Lipinski definition) is 1. The van der Waals surface area contributed by atoms with Crippen molar-refractivity contribution < 1.29 is 14.7 Å². The molecule has 0 radical (unpaired) electrons. The van der Waals surface area contributed by atoms with Gasteiger partial charge in [-0.3, -0.25) is 4.79 Å². The highest BCUT2D eigenvalue weighted by atomic mass is 16.4. The third kappa shape index (κ3) is 1.37. The Balaban J connectivity index is 2.71. The predicted octanol–water partition coefficient (Wildman–Crippen LogP) is -0.414. The second-order valence-corrected chi connectivity index (χ2v) is 2.57. The lowest BCUT2D eigenvalue weighted by Crippen LogP contribution is -2.38. The number of aliphatic carboxylic acids is 1. The van der Waals surface area contributed by atoms with E-state index in [2.05, 4.69) is 0 Å². The molecule has 0 bridgehead atoms. The number of nitrogens with zero attached hydrogens (tertiary/aromatic N) is 2. The first kappa shape index (κ1) is 8.53. The second-order valence-electron chi connectivity index (χ2n) is 2.57. The molecular weight excluding hydrogens is 160 g/mol. The summed E-state index contributed by atoms with van der Waals surface area (Å²) in [4.78, 5) is 22.6. The van der Waals surface area contributed by atoms with Gasteiger partial charge in [0.1, 0.15) is 12.6 Å². The lowest BCUT2D eigenvalue weighted by Gasteiger charge is -2.17. The number of nitriles is 1. The minimum absolute atomic E-state index is 0.129. The number of amides is 1. The number of likely N-dealkylation sites (tertiary alicyclic amines) is 1. The van der Waals surface area contributed by atoms with Gasteiger partial charge in [0, 0.05) is 6.42 Å². The molecule has 1 saturated heterocycles. The smallest absolute Gasteiger partial charge is 0.326 e. The summed E-state index contributed by atoms with van der Waals surface area (Å²) in [7, 11) is 0. The summed E-state index contributed by atoms with van der Waals surface area (Å²) in [6.07, 6.45) is 0.550. The van der Waals surface area contributed by atoms with Crippen molar-refractivity contribution in [2.45, 2.75) is 18.9 Å². The summed E-state index contributed by atoms with van der Waals surface area (Å²) in [5, 5.41) is 16.9. The number of carbonyl (C=O) groups is 2. The van der Waals surface area contributed by atoms with E-state index < -0.39 is 12.0 Å². The van der Waals surface area contributed by atoms with E-state index in [1.807, 2.05) is 0 Å². The van der Waals surface area contributed by atoms with Gasteiger partial charge in [-0.15, -0.1) is 0 Å². The Labute approximate surface area is 69.2 Å². The van der Waals surface area contributed by atoms with E-state index in [0.717, 1.165) is 4.90 Å². The third-order valence-electron chi connectivity index (χ3n) is 1.85. The van der Waals surface area contributed by atoms with Gasteiger partial charge >= 0.3 is 5.97 Å². The standard InChI is InChI=1S/C7H8N2O3/c8-3-4-9-5(7(11)12)1-2-6(9)10/h5H,1-2,4H2,(H,11,12). The molecule has 0 saturated carbocycles. The Hall–Kier alpha value is -1.57. The van der Waals surface area contributed by atoms with E-state index >= 15 is 0 Å². The predicted molar refractivity (Wildman–Crippen MR) is 38.0 cm³/mol. The molecule has 0 aromatic heterocycles. The van der Waals surface area contributed by atoms with Crippen LogP contribution in [0.5, 0.6) is 0 Å². The van der Waals surface area contributed by atoms with Gasteiger partial charge in [-0.05, 0) is 6.42 Å². The van der Waals surface area contributed by atoms with Gasteiger partial charge in [0.15, 0.2) is 0 Å². The normalized spacial score (nSPS) is 22.4. The maximum absolute atomic E-state index is 11.0. The van der Waals surface area contributed by atoms with Gasteiger partial charge < -0.3 is 10.0 Å². The lowest BCUT2D eigenvalue weighted by atomic mass is 10.2. The van der Waals surface area contributed by atoms with Crippen LogP contribution in [0.3, 0.4) is 0 Å². The number of carbonyl (C=O) groups excluding carboxylic acids is 1. The first-order valence-corrected chi connectivity index (χ1v) is 3.56. The van der Waals surface area contributed by atoms with E-state index in [1.54, 1.807) is 6.07 Å². The number of carboxylic acid groups (broad SMARTS) is 1. The molecule has 64 valence electrons. The molecule has 1 rings (SSSR count). The van der Waals surface area contributed by atoms with Crippen LogP contribution in [0, 0.1) is 11.3 Å². The fourth-order valence-corrected chi connectivity index (χ4v) is 1.26. The van der Waals surface area contributed by atoms with Gasteiger partial charge in [0.2, 0.25) is 5.91 Å². The highest BCUT2D eigenvalue weighted by molar-refractivity contribution is 5.87. The summed E-state index contributed by atoms with van der Waals surface area (Å²) < 4.78 is 0. The zero-order chi connectivity index (χ0) is 9.14. The zero-order valence-corrected chi connectivity index (χ0v) is 6.36. The molecule has 0 aromatic rings. The summed E-state index contributed by atoms with van der Waals surface area (Å²) in [6.45, 7) is -0.129. The van der Waals surface area contributed by atoms with Crippen molar-refractivity contribution in [3.8, 4) is 6.07 Å². The van der Waals surface area contributed by atoms with Crippen LogP contribution in [-0.4, -0.2) is 34.5 Å². The van der Waals surface area contributed by atoms with Crippen LogP contribution in [0.2, 0.25) is 0 Å². The SMILES string of the molecule is N#CCN1C(=O)CCC1C(=O)O. The van der Waals surface area contributed by atoms with Crippen molar-refractivity contribution in [3.63, 3.8) is 0 Å². The molecular formula is C7H8N2O3. The fraction of sp³-hybridized carbons (Fsp3) is 0.571. The van der Waals surface area contributed by atoms with Crippen LogP contribution in [-0.2, 0) is 9.59 Å². The van der Waals surface area contributed by atoms with Crippen molar-refractivity contribution >= 4 is 11.9 Å². The Kier molecular flexibility index (Phi) is 2.29. The van der Waals surface area contributed by atoms with Gasteiger partial charge in [-0.1, -0.05) is 0 Å². The highest BCUT2D eigenvalue weighted by Crippen LogP contribution is 2.17. The summed E-state index contributed by atoms with van der Waals surface area (Å²) in [5.74, 6) is -1.28. The van der Waals surface area contributed by atoms with Crippen LogP contribution in [0.4, 0.5) is 0 Å². The maximum Gasteiger partial charge on any atom is 0.326 e. The van der Waals surface area contributed by atoms with Crippen molar-refractivity contribution in [1.29, 1.82) is 5.26 Å². The Morgan fingerprint density at radius 1 is 1.83 bits per heavy atom. The van der Waals surface area contributed by atoms with Gasteiger partial charge in [-0.25, -0.2) is 4.79 Å². The van der Waals surface area contributed by atoms with Crippen molar-refractivity contribution in [2.75, 3.05) is 6.54 Å². The highest BCUT2D eigenvalue weighted by Gasteiger charge is 2.35. The van der Waals surface area contributed by atoms with Crippen LogP contribution in [0.1, 0.15) is 12.8 Å². The molecule has 1 heterocycles. The Bertz CT molecular complexity index is 256. The second kappa shape index (κ2) is 3.22. The number of hydrogen-bond acceptors (Lipinski definition) is 3. The zero-order valence-electron chi connectivity index (χ0n) is 6.36. The van der Waals surface area contributed by atoms with Crippen molar-refractivity contribution in [2.24, 2.45) is 0 Å². The molecule has 1 N–H and O–H groups in total. The maximum atomic E-state index is 11.0. The van der Waals surface area contributed by atoms with Gasteiger partial charge in [-0.2, -0.15) is 5.26 Å². The molecule has 1 atom stereocenters. The van der Waals surface area contributed by atoms with E-state index in [0.29, 0.717) is 6.42 Å².